The smallest absolute Gasteiger partial charge is 0.185 e. The molecule has 1 heterocycles. The molecular weight excluding hydrogens is 362 g/mol. The highest BCUT2D eigenvalue weighted by Crippen LogP contribution is 2.33. The molecule has 0 unspecified atom stereocenters. The van der Waals surface area contributed by atoms with Gasteiger partial charge in [-0.2, -0.15) is 0 Å². The number of methoxy groups -OCH3 is 1. The first-order chi connectivity index (χ1) is 13.1. The molecule has 2 aromatic rings. The summed E-state index contributed by atoms with van der Waals surface area (Å²) in [7, 11) is 1.53. The number of hydrogen-bond acceptors (Lipinski definition) is 4. The Labute approximate surface area is 165 Å². The molecule has 27 heavy (non-hydrogen) atoms. The molecule has 0 aliphatic carbocycles. The van der Waals surface area contributed by atoms with Crippen molar-refractivity contribution in [3.8, 4) is 11.5 Å². The highest BCUT2D eigenvalue weighted by atomic mass is 35.5. The average Bonchev–Trinajstić information content (AvgIpc) is 2.69. The Bertz CT molecular complexity index is 824. The van der Waals surface area contributed by atoms with E-state index < -0.39 is 0 Å². The molecule has 1 aliphatic rings. The SMILES string of the molecule is COc1cc(/C=C/C(=O)c2ccc(Cl)cc2)cc(CN2CCCCC2)c1O. The molecule has 4 nitrogen and oxygen atoms in total. The van der Waals surface area contributed by atoms with Crippen molar-refractivity contribution in [2.75, 3.05) is 20.2 Å². The van der Waals surface area contributed by atoms with E-state index in [4.69, 9.17) is 16.3 Å². The number of nitrogens with zero attached hydrogens (tertiary/aromatic N) is 1. The first-order valence-corrected chi connectivity index (χ1v) is 9.55. The van der Waals surface area contributed by atoms with Crippen LogP contribution in [0.25, 0.3) is 6.08 Å². The summed E-state index contributed by atoms with van der Waals surface area (Å²) in [5.74, 6) is 0.489. The predicted molar refractivity (Wildman–Crippen MR) is 109 cm³/mol. The topological polar surface area (TPSA) is 49.8 Å². The number of aromatic hydroxyl groups is 1. The number of allylic oxidation sites excluding steroid dienone is 1. The van der Waals surface area contributed by atoms with Gasteiger partial charge in [-0.3, -0.25) is 9.69 Å². The van der Waals surface area contributed by atoms with Crippen molar-refractivity contribution in [3.05, 3.63) is 64.2 Å². The fourth-order valence-corrected chi connectivity index (χ4v) is 3.43. The summed E-state index contributed by atoms with van der Waals surface area (Å²) in [5, 5.41) is 11.1. The van der Waals surface area contributed by atoms with Gasteiger partial charge < -0.3 is 9.84 Å². The molecule has 1 N–H and O–H groups in total. The summed E-state index contributed by atoms with van der Waals surface area (Å²) in [5.41, 5.74) is 2.21. The minimum absolute atomic E-state index is 0.101. The minimum Gasteiger partial charge on any atom is -0.504 e. The van der Waals surface area contributed by atoms with Crippen molar-refractivity contribution in [2.45, 2.75) is 25.8 Å². The van der Waals surface area contributed by atoms with Gasteiger partial charge in [0.05, 0.1) is 7.11 Å². The number of likely N-dealkylation sites (tertiary alicyclic amines) is 1. The van der Waals surface area contributed by atoms with E-state index in [1.807, 2.05) is 6.07 Å². The second-order valence-electron chi connectivity index (χ2n) is 6.77. The number of ketones is 1. The number of carbonyl (C=O) groups excluding carboxylic acids is 1. The zero-order valence-corrected chi connectivity index (χ0v) is 16.2. The van der Waals surface area contributed by atoms with Crippen molar-refractivity contribution in [3.63, 3.8) is 0 Å². The molecule has 0 amide bonds. The Balaban J connectivity index is 1.80. The van der Waals surface area contributed by atoms with Crippen molar-refractivity contribution >= 4 is 23.5 Å². The Morgan fingerprint density at radius 1 is 1.19 bits per heavy atom. The average molecular weight is 386 g/mol. The van der Waals surface area contributed by atoms with E-state index in [9.17, 15) is 9.90 Å². The van der Waals surface area contributed by atoms with E-state index in [0.29, 0.717) is 22.9 Å². The van der Waals surface area contributed by atoms with Crippen molar-refractivity contribution in [2.24, 2.45) is 0 Å². The lowest BCUT2D eigenvalue weighted by Gasteiger charge is -2.27. The second kappa shape index (κ2) is 9.07. The summed E-state index contributed by atoms with van der Waals surface area (Å²) in [6, 6.07) is 10.5. The number of carbonyl (C=O) groups is 1. The number of hydrogen-bond donors (Lipinski definition) is 1. The number of ether oxygens (including phenoxy) is 1. The predicted octanol–water partition coefficient (Wildman–Crippen LogP) is 4.94. The molecule has 0 saturated carbocycles. The monoisotopic (exact) mass is 385 g/mol. The van der Waals surface area contributed by atoms with Crippen LogP contribution in [0.3, 0.4) is 0 Å². The molecule has 0 aromatic heterocycles. The van der Waals surface area contributed by atoms with Crippen molar-refractivity contribution in [1.82, 2.24) is 4.90 Å². The number of rotatable bonds is 6. The van der Waals surface area contributed by atoms with Crippen LogP contribution in [0.5, 0.6) is 11.5 Å². The number of phenolic OH excluding ortho intramolecular Hbond substituents is 1. The van der Waals surface area contributed by atoms with Crippen molar-refractivity contribution in [1.29, 1.82) is 0 Å². The normalized spacial score (nSPS) is 15.2. The summed E-state index contributed by atoms with van der Waals surface area (Å²) in [4.78, 5) is 14.7. The summed E-state index contributed by atoms with van der Waals surface area (Å²) in [6.07, 6.45) is 6.92. The Morgan fingerprint density at radius 2 is 1.89 bits per heavy atom. The van der Waals surface area contributed by atoms with Gasteiger partial charge in [0, 0.05) is 22.7 Å². The van der Waals surface area contributed by atoms with Crippen LogP contribution in [0.1, 0.15) is 40.7 Å². The van der Waals surface area contributed by atoms with E-state index in [0.717, 1.165) is 24.2 Å². The Morgan fingerprint density at radius 3 is 2.56 bits per heavy atom. The van der Waals surface area contributed by atoms with Crippen LogP contribution in [-0.4, -0.2) is 36.0 Å². The third-order valence-electron chi connectivity index (χ3n) is 4.79. The van der Waals surface area contributed by atoms with E-state index >= 15 is 0 Å². The van der Waals surface area contributed by atoms with Gasteiger partial charge in [-0.15, -0.1) is 0 Å². The van der Waals surface area contributed by atoms with Crippen LogP contribution >= 0.6 is 11.6 Å². The number of piperidine rings is 1. The van der Waals surface area contributed by atoms with E-state index in [1.54, 1.807) is 36.4 Å². The Hall–Kier alpha value is -2.30. The van der Waals surface area contributed by atoms with Crippen LogP contribution in [0.4, 0.5) is 0 Å². The first-order valence-electron chi connectivity index (χ1n) is 9.17. The van der Waals surface area contributed by atoms with Gasteiger partial charge in [0.2, 0.25) is 0 Å². The molecule has 3 rings (SSSR count). The fraction of sp³-hybridized carbons (Fsp3) is 0.318. The maximum absolute atomic E-state index is 12.3. The quantitative estimate of drug-likeness (QED) is 0.565. The van der Waals surface area contributed by atoms with Crippen LogP contribution in [0.15, 0.2) is 42.5 Å². The molecule has 1 saturated heterocycles. The molecule has 0 spiro atoms. The van der Waals surface area contributed by atoms with Crippen LogP contribution < -0.4 is 4.74 Å². The highest BCUT2D eigenvalue weighted by molar-refractivity contribution is 6.30. The van der Waals surface area contributed by atoms with Gasteiger partial charge in [-0.05, 0) is 74.0 Å². The standard InChI is InChI=1S/C22H24ClNO3/c1-27-21-14-16(5-10-20(25)17-6-8-19(23)9-7-17)13-18(22(21)26)15-24-11-3-2-4-12-24/h5-10,13-14,26H,2-4,11-12,15H2,1H3/b10-5+. The fourth-order valence-electron chi connectivity index (χ4n) is 3.30. The summed E-state index contributed by atoms with van der Waals surface area (Å²) >= 11 is 5.86. The number of phenols is 1. The molecule has 1 fully saturated rings. The third kappa shape index (κ3) is 5.12. The molecule has 142 valence electrons. The molecule has 2 aromatic carbocycles. The van der Waals surface area contributed by atoms with Gasteiger partial charge in [-0.25, -0.2) is 0 Å². The lowest BCUT2D eigenvalue weighted by molar-refractivity contribution is 0.104. The molecule has 1 aliphatic heterocycles. The molecule has 0 atom stereocenters. The lowest BCUT2D eigenvalue weighted by Crippen LogP contribution is -2.29. The number of halogens is 1. The van der Waals surface area contributed by atoms with Crippen LogP contribution in [0.2, 0.25) is 5.02 Å². The van der Waals surface area contributed by atoms with Gasteiger partial charge in [0.15, 0.2) is 17.3 Å². The first kappa shape index (κ1) is 19.5. The maximum Gasteiger partial charge on any atom is 0.185 e. The van der Waals surface area contributed by atoms with Crippen LogP contribution in [-0.2, 0) is 6.54 Å². The second-order valence-corrected chi connectivity index (χ2v) is 7.21. The maximum atomic E-state index is 12.3. The number of benzene rings is 2. The van der Waals surface area contributed by atoms with Gasteiger partial charge >= 0.3 is 0 Å². The van der Waals surface area contributed by atoms with Gasteiger partial charge in [0.1, 0.15) is 0 Å². The zero-order valence-electron chi connectivity index (χ0n) is 15.5. The van der Waals surface area contributed by atoms with E-state index in [1.165, 1.54) is 32.4 Å². The summed E-state index contributed by atoms with van der Waals surface area (Å²) in [6.45, 7) is 2.75. The lowest BCUT2D eigenvalue weighted by atomic mass is 10.0. The highest BCUT2D eigenvalue weighted by Gasteiger charge is 2.16. The largest absolute Gasteiger partial charge is 0.504 e. The zero-order chi connectivity index (χ0) is 19.2. The van der Waals surface area contributed by atoms with E-state index in [-0.39, 0.29) is 11.5 Å². The minimum atomic E-state index is -0.101. The molecular formula is C22H24ClNO3. The molecule has 5 heteroatoms. The van der Waals surface area contributed by atoms with E-state index in [2.05, 4.69) is 4.90 Å². The molecule has 0 radical (unpaired) electrons. The van der Waals surface area contributed by atoms with Gasteiger partial charge in [-0.1, -0.05) is 24.1 Å². The molecule has 0 bridgehead atoms. The third-order valence-corrected chi connectivity index (χ3v) is 5.05. The van der Waals surface area contributed by atoms with Gasteiger partial charge in [0.25, 0.3) is 0 Å². The van der Waals surface area contributed by atoms with Crippen molar-refractivity contribution < 1.29 is 14.6 Å². The van der Waals surface area contributed by atoms with Crippen LogP contribution in [0, 0.1) is 0 Å². The summed E-state index contributed by atoms with van der Waals surface area (Å²) < 4.78 is 5.32. The Kier molecular flexibility index (Phi) is 6.54.